The normalized spacial score (nSPS) is 16.9. The molecule has 2 N–H and O–H groups in total. The zero-order valence-corrected chi connectivity index (χ0v) is 21.8. The Morgan fingerprint density at radius 2 is 2.10 bits per heavy atom. The predicted molar refractivity (Wildman–Crippen MR) is 136 cm³/mol. The van der Waals surface area contributed by atoms with Gasteiger partial charge in [-0.25, -0.2) is 4.98 Å². The lowest BCUT2D eigenvalue weighted by Crippen LogP contribution is -2.43. The van der Waals surface area contributed by atoms with E-state index in [0.29, 0.717) is 11.8 Å². The van der Waals surface area contributed by atoms with Crippen LogP contribution in [0.15, 0.2) is 26.2 Å². The summed E-state index contributed by atoms with van der Waals surface area (Å²) in [5.74, 6) is 3.84. The van der Waals surface area contributed by atoms with Gasteiger partial charge in [0.05, 0.1) is 12.2 Å². The maximum atomic E-state index is 5.73. The van der Waals surface area contributed by atoms with E-state index >= 15 is 0 Å². The second-order valence-electron chi connectivity index (χ2n) is 8.03. The first-order chi connectivity index (χ1) is 14.0. The van der Waals surface area contributed by atoms with Crippen LogP contribution in [0.5, 0.6) is 0 Å². The van der Waals surface area contributed by atoms with Gasteiger partial charge in [-0.05, 0) is 75.0 Å². The molecule has 3 heterocycles. The van der Waals surface area contributed by atoms with E-state index in [0.717, 1.165) is 62.6 Å². The van der Waals surface area contributed by atoms with Crippen molar-refractivity contribution in [3.05, 3.63) is 39.7 Å². The molecule has 8 heteroatoms. The average Bonchev–Trinajstić information content (AvgIpc) is 3.35. The third-order valence-electron chi connectivity index (χ3n) is 5.68. The number of oxazole rings is 1. The summed E-state index contributed by atoms with van der Waals surface area (Å²) in [7, 11) is 0. The summed E-state index contributed by atoms with van der Waals surface area (Å²) >= 11 is 1.75. The van der Waals surface area contributed by atoms with Crippen molar-refractivity contribution in [1.82, 2.24) is 20.5 Å². The second kappa shape index (κ2) is 12.7. The van der Waals surface area contributed by atoms with Gasteiger partial charge in [0.1, 0.15) is 5.76 Å². The lowest BCUT2D eigenvalue weighted by molar-refractivity contribution is 0.164. The number of hydrogen-bond donors (Lipinski definition) is 2. The number of nitrogens with one attached hydrogen (secondary N) is 2. The van der Waals surface area contributed by atoms with Gasteiger partial charge >= 0.3 is 0 Å². The largest absolute Gasteiger partial charge is 0.444 e. The van der Waals surface area contributed by atoms with Gasteiger partial charge in [0, 0.05) is 25.6 Å². The molecule has 1 unspecified atom stereocenters. The summed E-state index contributed by atoms with van der Waals surface area (Å²) in [4.78, 5) is 11.8. The summed E-state index contributed by atoms with van der Waals surface area (Å²) in [5.41, 5.74) is 2.38. The van der Waals surface area contributed by atoms with E-state index in [1.165, 1.54) is 18.4 Å². The molecule has 2 aromatic heterocycles. The smallest absolute Gasteiger partial charge is 0.208 e. The van der Waals surface area contributed by atoms with Crippen LogP contribution < -0.4 is 10.6 Å². The minimum absolute atomic E-state index is 0. The van der Waals surface area contributed by atoms with E-state index in [2.05, 4.69) is 51.2 Å². The molecule has 0 amide bonds. The van der Waals surface area contributed by atoms with Gasteiger partial charge in [0.25, 0.3) is 0 Å². The van der Waals surface area contributed by atoms with Crippen molar-refractivity contribution in [1.29, 1.82) is 0 Å². The lowest BCUT2D eigenvalue weighted by Gasteiger charge is -2.31. The molecule has 0 aromatic carbocycles. The van der Waals surface area contributed by atoms with Crippen LogP contribution in [0.25, 0.3) is 0 Å². The minimum atomic E-state index is 0. The van der Waals surface area contributed by atoms with Gasteiger partial charge in [-0.2, -0.15) is 11.3 Å². The topological polar surface area (TPSA) is 65.7 Å². The molecular weight excluding hydrogens is 509 g/mol. The number of aryl methyl sites for hydroxylation is 2. The van der Waals surface area contributed by atoms with Crippen molar-refractivity contribution < 1.29 is 4.42 Å². The van der Waals surface area contributed by atoms with Crippen LogP contribution in [-0.4, -0.2) is 48.6 Å². The van der Waals surface area contributed by atoms with Crippen LogP contribution in [0.1, 0.15) is 55.5 Å². The molecule has 6 nitrogen and oxygen atoms in total. The molecule has 3 rings (SSSR count). The van der Waals surface area contributed by atoms with Gasteiger partial charge < -0.3 is 15.1 Å². The molecule has 1 fully saturated rings. The molecule has 0 bridgehead atoms. The van der Waals surface area contributed by atoms with Gasteiger partial charge in [-0.1, -0.05) is 6.92 Å². The van der Waals surface area contributed by atoms with E-state index in [4.69, 9.17) is 9.41 Å². The summed E-state index contributed by atoms with van der Waals surface area (Å²) < 4.78 is 5.73. The number of nitrogens with zero attached hydrogens (tertiary/aromatic N) is 3. The minimum Gasteiger partial charge on any atom is -0.444 e. The van der Waals surface area contributed by atoms with Crippen molar-refractivity contribution >= 4 is 41.3 Å². The highest BCUT2D eigenvalue weighted by molar-refractivity contribution is 14.0. The van der Waals surface area contributed by atoms with Crippen LogP contribution in [0, 0.1) is 19.8 Å². The Labute approximate surface area is 202 Å². The first kappa shape index (κ1) is 25.1. The number of piperidine rings is 1. The van der Waals surface area contributed by atoms with E-state index in [1.54, 1.807) is 11.3 Å². The molecule has 0 saturated carbocycles. The predicted octanol–water partition coefficient (Wildman–Crippen LogP) is 4.54. The van der Waals surface area contributed by atoms with Crippen molar-refractivity contribution in [2.45, 2.75) is 53.0 Å². The van der Waals surface area contributed by atoms with Gasteiger partial charge in [0.15, 0.2) is 5.96 Å². The number of rotatable bonds is 8. The Kier molecular flexibility index (Phi) is 10.6. The second-order valence-corrected chi connectivity index (χ2v) is 8.81. The summed E-state index contributed by atoms with van der Waals surface area (Å²) in [6, 6.07) is 2.19. The molecule has 1 aliphatic heterocycles. The number of guanidine groups is 1. The van der Waals surface area contributed by atoms with Crippen LogP contribution in [0.4, 0.5) is 0 Å². The zero-order valence-electron chi connectivity index (χ0n) is 18.6. The van der Waals surface area contributed by atoms with Crippen molar-refractivity contribution in [3.8, 4) is 0 Å². The van der Waals surface area contributed by atoms with E-state index in [9.17, 15) is 0 Å². The highest BCUT2D eigenvalue weighted by Crippen LogP contribution is 2.20. The molecule has 1 aliphatic rings. The molecule has 0 radical (unpaired) electrons. The third kappa shape index (κ3) is 7.53. The van der Waals surface area contributed by atoms with E-state index < -0.39 is 0 Å². The fraction of sp³-hybridized carbons (Fsp3) is 0.636. The maximum absolute atomic E-state index is 5.73. The molecular formula is C22H36IN5OS. The number of aromatic nitrogens is 1. The highest BCUT2D eigenvalue weighted by atomic mass is 127. The van der Waals surface area contributed by atoms with Crippen molar-refractivity contribution in [2.75, 3.05) is 32.7 Å². The summed E-state index contributed by atoms with van der Waals surface area (Å²) in [6.07, 6.45) is 2.38. The van der Waals surface area contributed by atoms with Crippen LogP contribution in [0.2, 0.25) is 0 Å². The number of aliphatic imine (C=N–C) groups is 1. The SMILES string of the molecule is CCNC(=NCC(C)c1ccsc1)NCC1CCN(Cc2nc(C)c(C)o2)CC1.I. The first-order valence-electron chi connectivity index (χ1n) is 10.7. The molecule has 2 aromatic rings. The quantitative estimate of drug-likeness (QED) is 0.290. The van der Waals surface area contributed by atoms with Crippen LogP contribution in [-0.2, 0) is 6.54 Å². The van der Waals surface area contributed by atoms with Gasteiger partial charge in [-0.15, -0.1) is 24.0 Å². The van der Waals surface area contributed by atoms with Crippen LogP contribution >= 0.6 is 35.3 Å². The summed E-state index contributed by atoms with van der Waals surface area (Å²) in [6.45, 7) is 14.0. The molecule has 1 saturated heterocycles. The molecule has 0 aliphatic carbocycles. The lowest BCUT2D eigenvalue weighted by atomic mass is 9.97. The van der Waals surface area contributed by atoms with Gasteiger partial charge in [-0.3, -0.25) is 9.89 Å². The van der Waals surface area contributed by atoms with Crippen molar-refractivity contribution in [2.24, 2.45) is 10.9 Å². The Bertz CT molecular complexity index is 749. The third-order valence-corrected chi connectivity index (χ3v) is 6.38. The molecule has 30 heavy (non-hydrogen) atoms. The summed E-state index contributed by atoms with van der Waals surface area (Å²) in [5, 5.41) is 11.3. The Morgan fingerprint density at radius 3 is 2.70 bits per heavy atom. The Balaban J connectivity index is 0.00000320. The van der Waals surface area contributed by atoms with E-state index in [1.807, 2.05) is 13.8 Å². The van der Waals surface area contributed by atoms with Crippen LogP contribution in [0.3, 0.4) is 0 Å². The molecule has 1 atom stereocenters. The Hall–Kier alpha value is -1.13. The number of likely N-dealkylation sites (tertiary alicyclic amines) is 1. The number of hydrogen-bond acceptors (Lipinski definition) is 5. The number of thiophene rings is 1. The Morgan fingerprint density at radius 1 is 1.33 bits per heavy atom. The monoisotopic (exact) mass is 545 g/mol. The standard InChI is InChI=1S/C22H35N5OS.HI/c1-5-23-22(24-12-16(2)20-8-11-29-15-20)25-13-19-6-9-27(10-7-19)14-21-26-17(3)18(4)28-21;/h8,11,15-16,19H,5-7,9-10,12-14H2,1-4H3,(H2,23,24,25);1H. The maximum Gasteiger partial charge on any atom is 0.208 e. The average molecular weight is 546 g/mol. The van der Waals surface area contributed by atoms with Crippen molar-refractivity contribution in [3.63, 3.8) is 0 Å². The zero-order chi connectivity index (χ0) is 20.6. The first-order valence-corrected chi connectivity index (χ1v) is 11.7. The molecule has 168 valence electrons. The van der Waals surface area contributed by atoms with E-state index in [-0.39, 0.29) is 24.0 Å². The fourth-order valence-corrected chi connectivity index (χ4v) is 4.40. The molecule has 0 spiro atoms. The van der Waals surface area contributed by atoms with Gasteiger partial charge in [0.2, 0.25) is 5.89 Å². The fourth-order valence-electron chi connectivity index (χ4n) is 3.62. The highest BCUT2D eigenvalue weighted by Gasteiger charge is 2.21. The number of halogens is 1.